The van der Waals surface area contributed by atoms with Gasteiger partial charge in [0, 0.05) is 5.56 Å². The monoisotopic (exact) mass is 341 g/mol. The Labute approximate surface area is 147 Å². The van der Waals surface area contributed by atoms with Crippen molar-refractivity contribution in [1.82, 2.24) is 0 Å². The minimum absolute atomic E-state index is 0.0954. The van der Waals surface area contributed by atoms with E-state index >= 15 is 0 Å². The molecule has 132 valence electrons. The van der Waals surface area contributed by atoms with Gasteiger partial charge in [-0.25, -0.2) is 4.79 Å². The third kappa shape index (κ3) is 5.35. The van der Waals surface area contributed by atoms with Gasteiger partial charge in [-0.15, -0.1) is 0 Å². The van der Waals surface area contributed by atoms with Crippen LogP contribution in [0.25, 0.3) is 0 Å². The van der Waals surface area contributed by atoms with E-state index < -0.39 is 11.9 Å². The van der Waals surface area contributed by atoms with Crippen LogP contribution in [0.2, 0.25) is 0 Å². The number of carbonyl (C=O) groups excluding carboxylic acids is 2. The Morgan fingerprint density at radius 2 is 1.44 bits per heavy atom. The zero-order chi connectivity index (χ0) is 18.4. The second-order valence-electron chi connectivity index (χ2n) is 6.70. The SMILES string of the molecule is CC(C)(C)c1ccc(OCCOC(=O)c2ccc(C(N)=O)cc2)cc1. The number of benzene rings is 2. The first-order valence-corrected chi connectivity index (χ1v) is 8.08. The maximum Gasteiger partial charge on any atom is 0.338 e. The normalized spacial score (nSPS) is 11.0. The minimum Gasteiger partial charge on any atom is -0.490 e. The lowest BCUT2D eigenvalue weighted by atomic mass is 9.87. The second kappa shape index (κ2) is 7.83. The summed E-state index contributed by atoms with van der Waals surface area (Å²) >= 11 is 0. The van der Waals surface area contributed by atoms with E-state index in [2.05, 4.69) is 20.8 Å². The van der Waals surface area contributed by atoms with Gasteiger partial charge in [-0.3, -0.25) is 4.79 Å². The molecule has 2 rings (SSSR count). The van der Waals surface area contributed by atoms with Gasteiger partial charge in [-0.2, -0.15) is 0 Å². The van der Waals surface area contributed by atoms with E-state index in [0.717, 1.165) is 5.75 Å². The van der Waals surface area contributed by atoms with E-state index in [-0.39, 0.29) is 18.6 Å². The predicted octanol–water partition coefficient (Wildman–Crippen LogP) is 3.32. The average molecular weight is 341 g/mol. The van der Waals surface area contributed by atoms with Gasteiger partial charge >= 0.3 is 5.97 Å². The van der Waals surface area contributed by atoms with Crippen LogP contribution in [0.3, 0.4) is 0 Å². The molecule has 0 aliphatic carbocycles. The summed E-state index contributed by atoms with van der Waals surface area (Å²) in [6.45, 7) is 6.85. The molecular weight excluding hydrogens is 318 g/mol. The molecule has 0 spiro atoms. The molecule has 0 saturated heterocycles. The number of hydrogen-bond acceptors (Lipinski definition) is 4. The number of primary amides is 1. The summed E-state index contributed by atoms with van der Waals surface area (Å²) in [5.41, 5.74) is 7.18. The van der Waals surface area contributed by atoms with Gasteiger partial charge < -0.3 is 15.2 Å². The summed E-state index contributed by atoms with van der Waals surface area (Å²) in [6.07, 6.45) is 0. The molecule has 0 atom stereocenters. The van der Waals surface area contributed by atoms with Crippen LogP contribution in [-0.2, 0) is 10.2 Å². The van der Waals surface area contributed by atoms with Gasteiger partial charge in [0.05, 0.1) is 5.56 Å². The van der Waals surface area contributed by atoms with E-state index in [0.29, 0.717) is 11.1 Å². The Bertz CT molecular complexity index is 728. The van der Waals surface area contributed by atoms with Crippen molar-refractivity contribution >= 4 is 11.9 Å². The van der Waals surface area contributed by atoms with E-state index in [9.17, 15) is 9.59 Å². The molecule has 2 aromatic rings. The quantitative estimate of drug-likeness (QED) is 0.646. The van der Waals surface area contributed by atoms with E-state index in [1.54, 1.807) is 0 Å². The number of ether oxygens (including phenoxy) is 2. The molecule has 2 aromatic carbocycles. The highest BCUT2D eigenvalue weighted by molar-refractivity contribution is 5.95. The Balaban J connectivity index is 1.78. The molecular formula is C20H23NO4. The molecule has 0 saturated carbocycles. The largest absolute Gasteiger partial charge is 0.490 e. The highest BCUT2D eigenvalue weighted by Crippen LogP contribution is 2.24. The van der Waals surface area contributed by atoms with E-state index in [4.69, 9.17) is 15.2 Å². The summed E-state index contributed by atoms with van der Waals surface area (Å²) in [7, 11) is 0. The summed E-state index contributed by atoms with van der Waals surface area (Å²) in [4.78, 5) is 22.9. The first-order valence-electron chi connectivity index (χ1n) is 8.08. The lowest BCUT2D eigenvalue weighted by Gasteiger charge is -2.19. The molecule has 0 aromatic heterocycles. The number of amides is 1. The molecule has 0 aliphatic rings. The van der Waals surface area contributed by atoms with Crippen LogP contribution in [0.4, 0.5) is 0 Å². The summed E-state index contributed by atoms with van der Waals surface area (Å²) in [5.74, 6) is -0.275. The fourth-order valence-electron chi connectivity index (χ4n) is 2.20. The zero-order valence-electron chi connectivity index (χ0n) is 14.7. The van der Waals surface area contributed by atoms with Crippen molar-refractivity contribution in [3.8, 4) is 5.75 Å². The predicted molar refractivity (Wildman–Crippen MR) is 95.9 cm³/mol. The topological polar surface area (TPSA) is 78.6 Å². The van der Waals surface area contributed by atoms with Crippen molar-refractivity contribution in [2.45, 2.75) is 26.2 Å². The van der Waals surface area contributed by atoms with Crippen LogP contribution in [0.1, 0.15) is 47.1 Å². The Kier molecular flexibility index (Phi) is 5.80. The number of esters is 1. The summed E-state index contributed by atoms with van der Waals surface area (Å²) in [6, 6.07) is 13.9. The Morgan fingerprint density at radius 3 is 1.96 bits per heavy atom. The molecule has 25 heavy (non-hydrogen) atoms. The lowest BCUT2D eigenvalue weighted by Crippen LogP contribution is -2.14. The van der Waals surface area contributed by atoms with Gasteiger partial charge in [0.1, 0.15) is 19.0 Å². The molecule has 5 heteroatoms. The molecule has 0 heterocycles. The van der Waals surface area contributed by atoms with Crippen molar-refractivity contribution in [3.05, 3.63) is 65.2 Å². The summed E-state index contributed by atoms with van der Waals surface area (Å²) in [5, 5.41) is 0. The molecule has 0 radical (unpaired) electrons. The smallest absolute Gasteiger partial charge is 0.338 e. The van der Waals surface area contributed by atoms with Crippen molar-refractivity contribution in [1.29, 1.82) is 0 Å². The molecule has 1 amide bonds. The van der Waals surface area contributed by atoms with Crippen LogP contribution < -0.4 is 10.5 Å². The van der Waals surface area contributed by atoms with Crippen molar-refractivity contribution < 1.29 is 19.1 Å². The second-order valence-corrected chi connectivity index (χ2v) is 6.70. The molecule has 2 N–H and O–H groups in total. The van der Waals surface area contributed by atoms with Crippen LogP contribution in [0.5, 0.6) is 5.75 Å². The van der Waals surface area contributed by atoms with E-state index in [1.807, 2.05) is 24.3 Å². The molecule has 0 fully saturated rings. The van der Waals surface area contributed by atoms with Gasteiger partial charge in [0.15, 0.2) is 0 Å². The Morgan fingerprint density at radius 1 is 0.880 bits per heavy atom. The first kappa shape index (κ1) is 18.5. The molecule has 0 aliphatic heterocycles. The van der Waals surface area contributed by atoms with Crippen LogP contribution >= 0.6 is 0 Å². The molecule has 5 nitrogen and oxygen atoms in total. The Hall–Kier alpha value is -2.82. The van der Waals surface area contributed by atoms with Crippen LogP contribution in [0.15, 0.2) is 48.5 Å². The summed E-state index contributed by atoms with van der Waals surface area (Å²) < 4.78 is 10.7. The lowest BCUT2D eigenvalue weighted by molar-refractivity contribution is 0.0450. The van der Waals surface area contributed by atoms with Crippen molar-refractivity contribution in [2.24, 2.45) is 5.73 Å². The third-order valence-electron chi connectivity index (χ3n) is 3.71. The van der Waals surface area contributed by atoms with Gasteiger partial charge in [0.2, 0.25) is 5.91 Å². The van der Waals surface area contributed by atoms with Gasteiger partial charge in [-0.1, -0.05) is 32.9 Å². The van der Waals surface area contributed by atoms with E-state index in [1.165, 1.54) is 29.8 Å². The highest BCUT2D eigenvalue weighted by atomic mass is 16.6. The fraction of sp³-hybridized carbons (Fsp3) is 0.300. The zero-order valence-corrected chi connectivity index (χ0v) is 14.7. The highest BCUT2D eigenvalue weighted by Gasteiger charge is 2.13. The number of hydrogen-bond donors (Lipinski definition) is 1. The standard InChI is InChI=1S/C20H23NO4/c1-20(2,3)16-8-10-17(11-9-16)24-12-13-25-19(23)15-6-4-14(5-7-15)18(21)22/h4-11H,12-13H2,1-3H3,(H2,21,22). The minimum atomic E-state index is -0.536. The third-order valence-corrected chi connectivity index (χ3v) is 3.71. The molecule has 0 bridgehead atoms. The van der Waals surface area contributed by atoms with Gasteiger partial charge in [-0.05, 0) is 47.4 Å². The van der Waals surface area contributed by atoms with Crippen LogP contribution in [0, 0.1) is 0 Å². The van der Waals surface area contributed by atoms with Crippen LogP contribution in [-0.4, -0.2) is 25.1 Å². The first-order chi connectivity index (χ1) is 11.8. The number of rotatable bonds is 6. The number of carbonyl (C=O) groups is 2. The average Bonchev–Trinajstić information content (AvgIpc) is 2.58. The van der Waals surface area contributed by atoms with Gasteiger partial charge in [0.25, 0.3) is 0 Å². The molecule has 0 unspecified atom stereocenters. The fourth-order valence-corrected chi connectivity index (χ4v) is 2.20. The van der Waals surface area contributed by atoms with Crippen molar-refractivity contribution in [2.75, 3.05) is 13.2 Å². The maximum atomic E-state index is 11.9. The number of nitrogens with two attached hydrogens (primary N) is 1. The van der Waals surface area contributed by atoms with Crippen molar-refractivity contribution in [3.63, 3.8) is 0 Å². The maximum absolute atomic E-state index is 11.9.